The van der Waals surface area contributed by atoms with E-state index in [2.05, 4.69) is 30.6 Å². The maximum Gasteiger partial charge on any atom is 0.306 e. The van der Waals surface area contributed by atoms with Crippen LogP contribution in [-0.2, 0) is 10.0 Å². The number of aryl methyl sites for hydroxylation is 1. The van der Waals surface area contributed by atoms with Crippen LogP contribution in [0.3, 0.4) is 0 Å². The molecule has 0 unspecified atom stereocenters. The van der Waals surface area contributed by atoms with E-state index < -0.39 is 14.9 Å². The van der Waals surface area contributed by atoms with E-state index in [0.29, 0.717) is 20.8 Å². The minimum absolute atomic E-state index is 0.0196. The summed E-state index contributed by atoms with van der Waals surface area (Å²) in [5.74, 6) is 0. The second-order valence-corrected chi connectivity index (χ2v) is 8.27. The zero-order valence-electron chi connectivity index (χ0n) is 8.35. The second kappa shape index (κ2) is 4.52. The van der Waals surface area contributed by atoms with Crippen molar-refractivity contribution in [1.82, 2.24) is 9.97 Å². The van der Waals surface area contributed by atoms with Crippen LogP contribution in [0.1, 0.15) is 5.69 Å². The highest BCUT2D eigenvalue weighted by Gasteiger charge is 2.21. The maximum atomic E-state index is 11.9. The molecule has 6 nitrogen and oxygen atoms in total. The normalized spacial score (nSPS) is 11.6. The van der Waals surface area contributed by atoms with Crippen molar-refractivity contribution in [3.8, 4) is 0 Å². The van der Waals surface area contributed by atoms with Crippen LogP contribution in [0.4, 0.5) is 5.13 Å². The number of halogens is 1. The van der Waals surface area contributed by atoms with Crippen molar-refractivity contribution in [2.24, 2.45) is 0 Å². The lowest BCUT2D eigenvalue weighted by Crippen LogP contribution is -2.12. The predicted molar refractivity (Wildman–Crippen MR) is 70.3 cm³/mol. The van der Waals surface area contributed by atoms with E-state index in [-0.39, 0.29) is 9.34 Å². The number of rotatable bonds is 3. The molecule has 2 rings (SSSR count). The van der Waals surface area contributed by atoms with Crippen LogP contribution in [0.15, 0.2) is 19.0 Å². The summed E-state index contributed by atoms with van der Waals surface area (Å²) < 4.78 is 26.9. The first-order valence-corrected chi connectivity index (χ1v) is 8.13. The first-order valence-electron chi connectivity index (χ1n) is 4.22. The molecule has 0 amide bonds. The van der Waals surface area contributed by atoms with Crippen molar-refractivity contribution in [3.63, 3.8) is 0 Å². The number of thiazole rings is 2. The Hall–Kier alpha value is -0.710. The molecule has 0 saturated heterocycles. The molecule has 0 atom stereocenters. The van der Waals surface area contributed by atoms with Crippen molar-refractivity contribution in [2.75, 3.05) is 4.72 Å². The minimum Gasteiger partial charge on any atom is -0.315 e. The molecule has 17 heavy (non-hydrogen) atoms. The van der Waals surface area contributed by atoms with E-state index in [1.807, 2.05) is 0 Å². The molecular formula is C7H6BrN3O3S3. The van der Waals surface area contributed by atoms with E-state index in [9.17, 15) is 13.2 Å². The average molecular weight is 356 g/mol. The number of aromatic amines is 1. The van der Waals surface area contributed by atoms with Crippen LogP contribution in [0.2, 0.25) is 0 Å². The fourth-order valence-corrected chi connectivity index (χ4v) is 4.76. The molecule has 2 N–H and O–H groups in total. The zero-order valence-corrected chi connectivity index (χ0v) is 12.4. The van der Waals surface area contributed by atoms with Gasteiger partial charge in [-0.05, 0) is 22.9 Å². The third-order valence-electron chi connectivity index (χ3n) is 1.72. The van der Waals surface area contributed by atoms with Gasteiger partial charge in [0, 0.05) is 5.69 Å². The van der Waals surface area contributed by atoms with Crippen LogP contribution < -0.4 is 9.60 Å². The van der Waals surface area contributed by atoms with Gasteiger partial charge in [0.25, 0.3) is 10.0 Å². The lowest BCUT2D eigenvalue weighted by atomic mass is 10.6. The van der Waals surface area contributed by atoms with Gasteiger partial charge in [-0.25, -0.2) is 13.4 Å². The van der Waals surface area contributed by atoms with Crippen LogP contribution in [0.5, 0.6) is 0 Å². The van der Waals surface area contributed by atoms with Crippen molar-refractivity contribution in [2.45, 2.75) is 11.1 Å². The summed E-state index contributed by atoms with van der Waals surface area (Å²) in [6.45, 7) is 1.53. The number of anilines is 1. The van der Waals surface area contributed by atoms with Crippen LogP contribution in [0, 0.1) is 6.92 Å². The zero-order chi connectivity index (χ0) is 12.6. The molecule has 10 heteroatoms. The van der Waals surface area contributed by atoms with Gasteiger partial charge in [0.1, 0.15) is 0 Å². The molecule has 92 valence electrons. The third kappa shape index (κ3) is 2.76. The van der Waals surface area contributed by atoms with Gasteiger partial charge in [0.2, 0.25) is 0 Å². The molecule has 0 fully saturated rings. The topological polar surface area (TPSA) is 91.9 Å². The summed E-state index contributed by atoms with van der Waals surface area (Å²) in [5.41, 5.74) is 0.322. The van der Waals surface area contributed by atoms with Crippen LogP contribution in [0.25, 0.3) is 0 Å². The molecule has 2 heterocycles. The van der Waals surface area contributed by atoms with Gasteiger partial charge in [-0.15, -0.1) is 0 Å². The first-order chi connectivity index (χ1) is 7.88. The molecule has 0 bridgehead atoms. The fraction of sp³-hybridized carbons (Fsp3) is 0.143. The van der Waals surface area contributed by atoms with E-state index in [4.69, 9.17) is 0 Å². The molecule has 0 radical (unpaired) electrons. The van der Waals surface area contributed by atoms with Gasteiger partial charge in [-0.2, -0.15) is 0 Å². The van der Waals surface area contributed by atoms with E-state index >= 15 is 0 Å². The number of hydrogen-bond acceptors (Lipinski definition) is 6. The molecule has 0 saturated carbocycles. The van der Waals surface area contributed by atoms with Crippen LogP contribution >= 0.6 is 38.6 Å². The molecule has 2 aromatic heterocycles. The summed E-state index contributed by atoms with van der Waals surface area (Å²) in [4.78, 5) is 16.9. The van der Waals surface area contributed by atoms with E-state index in [0.717, 1.165) is 11.3 Å². The Morgan fingerprint density at radius 1 is 1.47 bits per heavy atom. The molecule has 0 aliphatic rings. The molecule has 0 aliphatic carbocycles. The maximum absolute atomic E-state index is 11.9. The number of H-pyrrole nitrogens is 1. The second-order valence-electron chi connectivity index (χ2n) is 3.00. The molecule has 0 aliphatic heterocycles. The largest absolute Gasteiger partial charge is 0.315 e. The molecule has 0 aromatic carbocycles. The Morgan fingerprint density at radius 2 is 2.18 bits per heavy atom. The van der Waals surface area contributed by atoms with Gasteiger partial charge in [0.15, 0.2) is 9.34 Å². The number of nitrogens with one attached hydrogen (secondary N) is 2. The smallest absolute Gasteiger partial charge is 0.306 e. The van der Waals surface area contributed by atoms with Crippen LogP contribution in [-0.4, -0.2) is 18.4 Å². The predicted octanol–water partition coefficient (Wildman–Crippen LogP) is 1.76. The highest BCUT2D eigenvalue weighted by atomic mass is 79.9. The quantitative estimate of drug-likeness (QED) is 0.877. The average Bonchev–Trinajstić information content (AvgIpc) is 2.72. The van der Waals surface area contributed by atoms with Crippen molar-refractivity contribution < 1.29 is 8.42 Å². The molecule has 2 aromatic rings. The highest BCUT2D eigenvalue weighted by molar-refractivity contribution is 9.11. The Labute approximate surface area is 113 Å². The number of sulfonamides is 1. The van der Waals surface area contributed by atoms with Crippen molar-refractivity contribution in [1.29, 1.82) is 0 Å². The Balaban J connectivity index is 2.37. The third-order valence-corrected chi connectivity index (χ3v) is 6.19. The number of hydrogen-bond donors (Lipinski definition) is 2. The Bertz CT molecular complexity index is 699. The SMILES string of the molecule is Cc1[nH]c(=O)sc1S(=O)(=O)Nc1ncc(Br)s1. The summed E-state index contributed by atoms with van der Waals surface area (Å²) in [6, 6.07) is 0. The molecule has 0 spiro atoms. The van der Waals surface area contributed by atoms with Crippen molar-refractivity contribution >= 4 is 53.8 Å². The Morgan fingerprint density at radius 3 is 2.65 bits per heavy atom. The lowest BCUT2D eigenvalue weighted by molar-refractivity contribution is 0.602. The summed E-state index contributed by atoms with van der Waals surface area (Å²) in [6.07, 6.45) is 1.49. The Kier molecular flexibility index (Phi) is 3.39. The van der Waals surface area contributed by atoms with Gasteiger partial charge < -0.3 is 4.98 Å². The highest BCUT2D eigenvalue weighted by Crippen LogP contribution is 2.26. The van der Waals surface area contributed by atoms with Crippen molar-refractivity contribution in [3.05, 3.63) is 25.3 Å². The lowest BCUT2D eigenvalue weighted by Gasteiger charge is -2.02. The van der Waals surface area contributed by atoms with E-state index in [1.165, 1.54) is 13.1 Å². The first kappa shape index (κ1) is 12.7. The van der Waals surface area contributed by atoms with Gasteiger partial charge in [-0.3, -0.25) is 9.52 Å². The number of aromatic nitrogens is 2. The van der Waals surface area contributed by atoms with Gasteiger partial charge in [0.05, 0.1) is 9.98 Å². The minimum atomic E-state index is -3.75. The van der Waals surface area contributed by atoms with Gasteiger partial charge >= 0.3 is 4.87 Å². The standard InChI is InChI=1S/C7H6BrN3O3S3/c1-3-5(16-7(12)10-3)17(13,14)11-6-9-2-4(8)15-6/h2H,1H3,(H,9,11)(H,10,12). The van der Waals surface area contributed by atoms with E-state index in [1.54, 1.807) is 0 Å². The monoisotopic (exact) mass is 355 g/mol. The molecular weight excluding hydrogens is 350 g/mol. The van der Waals surface area contributed by atoms with Gasteiger partial charge in [-0.1, -0.05) is 22.7 Å². The number of nitrogens with zero attached hydrogens (tertiary/aromatic N) is 1. The summed E-state index contributed by atoms with van der Waals surface area (Å²) in [7, 11) is -3.75. The fourth-order valence-electron chi connectivity index (χ4n) is 1.11. The summed E-state index contributed by atoms with van der Waals surface area (Å²) >= 11 is 4.99. The summed E-state index contributed by atoms with van der Waals surface area (Å²) in [5, 5.41) is 0.247.